The van der Waals surface area contributed by atoms with Crippen LogP contribution in [0.15, 0.2) is 60.8 Å². The Morgan fingerprint density at radius 3 is 1.02 bits per heavy atom. The van der Waals surface area contributed by atoms with E-state index in [0.717, 1.165) is 77.0 Å². The number of carbonyl (C=O) groups excluding carboxylic acids is 2. The van der Waals surface area contributed by atoms with Gasteiger partial charge in [0.1, 0.15) is 6.61 Å². The summed E-state index contributed by atoms with van der Waals surface area (Å²) in [7, 11) is 0. The molecule has 0 fully saturated rings. The predicted molar refractivity (Wildman–Crippen MR) is 284 cm³/mol. The highest BCUT2D eigenvalue weighted by Crippen LogP contribution is 2.17. The van der Waals surface area contributed by atoms with Crippen molar-refractivity contribution in [1.82, 2.24) is 0 Å². The molecule has 0 bridgehead atoms. The van der Waals surface area contributed by atoms with Gasteiger partial charge in [-0.2, -0.15) is 0 Å². The largest absolute Gasteiger partial charge is 0.462 e. The van der Waals surface area contributed by atoms with E-state index in [4.69, 9.17) is 9.47 Å². The van der Waals surface area contributed by atoms with Crippen molar-refractivity contribution < 1.29 is 24.2 Å². The quantitative estimate of drug-likeness (QED) is 0.0374. The molecule has 0 rings (SSSR count). The second-order valence-corrected chi connectivity index (χ2v) is 19.0. The van der Waals surface area contributed by atoms with Crippen molar-refractivity contribution in [2.75, 3.05) is 13.2 Å². The molecular formula is C60H108O5. The molecule has 0 spiro atoms. The van der Waals surface area contributed by atoms with E-state index in [-0.39, 0.29) is 25.2 Å². The van der Waals surface area contributed by atoms with Crippen LogP contribution >= 0.6 is 0 Å². The van der Waals surface area contributed by atoms with Crippen molar-refractivity contribution >= 4 is 11.9 Å². The van der Waals surface area contributed by atoms with E-state index >= 15 is 0 Å². The Balaban J connectivity index is 3.34. The van der Waals surface area contributed by atoms with Crippen LogP contribution in [0.25, 0.3) is 0 Å². The Hall–Kier alpha value is -2.40. The molecule has 1 N–H and O–H groups in total. The highest BCUT2D eigenvalue weighted by Gasteiger charge is 2.16. The van der Waals surface area contributed by atoms with Crippen molar-refractivity contribution in [1.29, 1.82) is 0 Å². The van der Waals surface area contributed by atoms with E-state index in [9.17, 15) is 14.7 Å². The number of aliphatic hydroxyl groups excluding tert-OH is 1. The summed E-state index contributed by atoms with van der Waals surface area (Å²) in [5.74, 6) is -0.593. The third-order valence-electron chi connectivity index (χ3n) is 12.5. The number of hydrogen-bond donors (Lipinski definition) is 1. The topological polar surface area (TPSA) is 72.8 Å². The zero-order valence-corrected chi connectivity index (χ0v) is 43.3. The van der Waals surface area contributed by atoms with Crippen LogP contribution in [0.5, 0.6) is 0 Å². The van der Waals surface area contributed by atoms with Crippen molar-refractivity contribution in [2.24, 2.45) is 0 Å². The highest BCUT2D eigenvalue weighted by molar-refractivity contribution is 5.70. The van der Waals surface area contributed by atoms with Crippen LogP contribution in [0.4, 0.5) is 0 Å². The van der Waals surface area contributed by atoms with Gasteiger partial charge in [0.25, 0.3) is 0 Å². The molecule has 0 aliphatic heterocycles. The first-order chi connectivity index (χ1) is 32.1. The summed E-state index contributed by atoms with van der Waals surface area (Å²) in [6.45, 7) is 3.97. The molecule has 5 heteroatoms. The second kappa shape index (κ2) is 55.9. The van der Waals surface area contributed by atoms with Crippen LogP contribution < -0.4 is 0 Å². The predicted octanol–water partition coefficient (Wildman–Crippen LogP) is 19.0. The maximum Gasteiger partial charge on any atom is 0.306 e. The Morgan fingerprint density at radius 2 is 0.662 bits per heavy atom. The molecule has 0 heterocycles. The summed E-state index contributed by atoms with van der Waals surface area (Å²) in [5, 5.41) is 9.59. The number of hydrogen-bond acceptors (Lipinski definition) is 5. The molecule has 0 saturated heterocycles. The normalized spacial score (nSPS) is 12.6. The molecule has 378 valence electrons. The number of ether oxygens (including phenoxy) is 2. The fourth-order valence-electron chi connectivity index (χ4n) is 8.32. The molecule has 0 aliphatic carbocycles. The highest BCUT2D eigenvalue weighted by atomic mass is 16.6. The third-order valence-corrected chi connectivity index (χ3v) is 12.5. The molecule has 0 aliphatic rings. The van der Waals surface area contributed by atoms with Crippen LogP contribution in [-0.4, -0.2) is 36.4 Å². The van der Waals surface area contributed by atoms with E-state index in [2.05, 4.69) is 74.6 Å². The standard InChI is InChI=1S/C60H108O5/c1-3-5-7-9-11-13-15-16-17-18-19-20-21-22-23-24-25-26-27-28-29-30-31-32-33-34-35-36-37-38-39-40-41-42-43-44-45-47-49-51-53-55-60(63)65-58(56-61)57-64-59(62)54-52-50-48-46-14-12-10-8-6-4-2/h5,7-8,10-11,13,16-17,19-20,58,61H,3-4,6,9,12,14-15,18,21-57H2,1-2H3/b7-5-,10-8-,13-11-,17-16-,20-19-. The minimum Gasteiger partial charge on any atom is -0.462 e. The smallest absolute Gasteiger partial charge is 0.306 e. The van der Waals surface area contributed by atoms with E-state index < -0.39 is 6.10 Å². The van der Waals surface area contributed by atoms with Crippen LogP contribution in [0.1, 0.15) is 290 Å². The lowest BCUT2D eigenvalue weighted by Crippen LogP contribution is -2.28. The SMILES string of the molecule is CC/C=C\C/C=C\C/C=C\C/C=C\CCCCCCCCCCCCCCCCCCCCCCCCCCCCCCC(=O)OC(CO)COC(=O)CCCCCCC/C=C\CCC. The van der Waals surface area contributed by atoms with E-state index in [1.54, 1.807) is 0 Å². The number of unbranched alkanes of at least 4 members (excludes halogenated alkanes) is 34. The average molecular weight is 910 g/mol. The Labute approximate surface area is 404 Å². The third kappa shape index (κ3) is 54.1. The van der Waals surface area contributed by atoms with Crippen molar-refractivity contribution in [3.63, 3.8) is 0 Å². The first-order valence-electron chi connectivity index (χ1n) is 28.3. The summed E-state index contributed by atoms with van der Waals surface area (Å²) in [5.41, 5.74) is 0. The molecule has 0 amide bonds. The van der Waals surface area contributed by atoms with E-state index in [0.29, 0.717) is 12.8 Å². The van der Waals surface area contributed by atoms with Gasteiger partial charge in [0.05, 0.1) is 6.61 Å². The minimum atomic E-state index is -0.771. The van der Waals surface area contributed by atoms with Crippen LogP contribution in [0, 0.1) is 0 Å². The van der Waals surface area contributed by atoms with E-state index in [1.807, 2.05) is 0 Å². The van der Waals surface area contributed by atoms with Gasteiger partial charge in [-0.05, 0) is 70.6 Å². The van der Waals surface area contributed by atoms with Gasteiger partial charge in [-0.3, -0.25) is 9.59 Å². The molecule has 1 unspecified atom stereocenters. The van der Waals surface area contributed by atoms with Crippen LogP contribution in [0.3, 0.4) is 0 Å². The van der Waals surface area contributed by atoms with Gasteiger partial charge in [0.15, 0.2) is 6.10 Å². The van der Waals surface area contributed by atoms with Gasteiger partial charge in [-0.1, -0.05) is 267 Å². The molecule has 0 saturated carbocycles. The van der Waals surface area contributed by atoms with Gasteiger partial charge < -0.3 is 14.6 Å². The number of esters is 2. The molecule has 1 atom stereocenters. The molecular weight excluding hydrogens is 801 g/mol. The van der Waals surface area contributed by atoms with Crippen LogP contribution in [-0.2, 0) is 19.1 Å². The van der Waals surface area contributed by atoms with Crippen molar-refractivity contribution in [2.45, 2.75) is 296 Å². The Kier molecular flexibility index (Phi) is 53.9. The number of carbonyl (C=O) groups is 2. The van der Waals surface area contributed by atoms with Crippen LogP contribution in [0.2, 0.25) is 0 Å². The van der Waals surface area contributed by atoms with Gasteiger partial charge in [0, 0.05) is 12.8 Å². The summed E-state index contributed by atoms with van der Waals surface area (Å²) in [6, 6.07) is 0. The first-order valence-corrected chi connectivity index (χ1v) is 28.3. The van der Waals surface area contributed by atoms with Gasteiger partial charge in [-0.15, -0.1) is 0 Å². The Morgan fingerprint density at radius 1 is 0.369 bits per heavy atom. The summed E-state index contributed by atoms with van der Waals surface area (Å²) in [6.07, 6.45) is 75.3. The van der Waals surface area contributed by atoms with Gasteiger partial charge in [0.2, 0.25) is 0 Å². The monoisotopic (exact) mass is 909 g/mol. The van der Waals surface area contributed by atoms with Gasteiger partial charge >= 0.3 is 11.9 Å². The zero-order valence-electron chi connectivity index (χ0n) is 43.3. The number of allylic oxidation sites excluding steroid dienone is 10. The average Bonchev–Trinajstić information content (AvgIpc) is 3.31. The molecule has 0 aromatic carbocycles. The first kappa shape index (κ1) is 62.6. The summed E-state index contributed by atoms with van der Waals surface area (Å²) >= 11 is 0. The maximum atomic E-state index is 12.2. The number of aliphatic hydroxyl groups is 1. The van der Waals surface area contributed by atoms with E-state index in [1.165, 1.54) is 186 Å². The summed E-state index contributed by atoms with van der Waals surface area (Å²) in [4.78, 5) is 24.3. The van der Waals surface area contributed by atoms with Crippen molar-refractivity contribution in [3.8, 4) is 0 Å². The molecule has 0 aromatic rings. The molecule has 5 nitrogen and oxygen atoms in total. The molecule has 65 heavy (non-hydrogen) atoms. The minimum absolute atomic E-state index is 0.0671. The maximum absolute atomic E-state index is 12.2. The fraction of sp³-hybridized carbons (Fsp3) is 0.800. The lowest BCUT2D eigenvalue weighted by Gasteiger charge is -2.15. The lowest BCUT2D eigenvalue weighted by atomic mass is 10.0. The number of rotatable bonds is 52. The Bertz CT molecular complexity index is 1120. The lowest BCUT2D eigenvalue weighted by molar-refractivity contribution is -0.161. The summed E-state index contributed by atoms with van der Waals surface area (Å²) < 4.78 is 10.6. The zero-order chi connectivity index (χ0) is 47.0. The van der Waals surface area contributed by atoms with Gasteiger partial charge in [-0.25, -0.2) is 0 Å². The molecule has 0 aromatic heterocycles. The molecule has 0 radical (unpaired) electrons. The second-order valence-electron chi connectivity index (χ2n) is 19.0. The fourth-order valence-corrected chi connectivity index (χ4v) is 8.32. The van der Waals surface area contributed by atoms with Crippen molar-refractivity contribution in [3.05, 3.63) is 60.8 Å².